The minimum atomic E-state index is -0.657. The summed E-state index contributed by atoms with van der Waals surface area (Å²) in [7, 11) is 1.27. The Kier molecular flexibility index (Phi) is 5.53. The van der Waals surface area contributed by atoms with Crippen molar-refractivity contribution in [2.45, 2.75) is 0 Å². The molecule has 0 aliphatic carbocycles. The number of esters is 1. The molecule has 0 saturated carbocycles. The van der Waals surface area contributed by atoms with Crippen molar-refractivity contribution in [2.24, 2.45) is 0 Å². The van der Waals surface area contributed by atoms with E-state index in [9.17, 15) is 9.18 Å². The van der Waals surface area contributed by atoms with Crippen LogP contribution in [0, 0.1) is 18.3 Å². The third-order valence-electron chi connectivity index (χ3n) is 4.76. The average Bonchev–Trinajstić information content (AvgIpc) is 3.40. The first-order valence-electron chi connectivity index (χ1n) is 10.0. The monoisotopic (exact) mass is 461 g/mol. The van der Waals surface area contributed by atoms with E-state index in [0.717, 1.165) is 6.20 Å². The van der Waals surface area contributed by atoms with Gasteiger partial charge in [-0.2, -0.15) is 9.97 Å². The zero-order valence-corrected chi connectivity index (χ0v) is 17.7. The molecule has 0 bridgehead atoms. The molecule has 0 saturated heterocycles. The van der Waals surface area contributed by atoms with E-state index in [1.807, 2.05) is 0 Å². The van der Waals surface area contributed by atoms with E-state index < -0.39 is 11.8 Å². The van der Waals surface area contributed by atoms with Crippen molar-refractivity contribution in [3.8, 4) is 23.0 Å². The topological polar surface area (TPSA) is 121 Å². The smallest absolute Gasteiger partial charge is 0.337 e. The van der Waals surface area contributed by atoms with Crippen LogP contribution in [-0.4, -0.2) is 41.2 Å². The van der Waals surface area contributed by atoms with E-state index in [1.54, 1.807) is 30.3 Å². The SMILES string of the molecule is COC(=O)c1cc(Nc2ncc(F)c(Nc3ccc4c(c3)OCCO4)n2)cc(-c2nc#co2)c1. The lowest BCUT2D eigenvalue weighted by atomic mass is 10.1. The fourth-order valence-electron chi connectivity index (χ4n) is 3.25. The van der Waals surface area contributed by atoms with Crippen molar-refractivity contribution < 1.29 is 27.8 Å². The summed E-state index contributed by atoms with van der Waals surface area (Å²) in [5.74, 6) is 0.174. The number of anilines is 4. The summed E-state index contributed by atoms with van der Waals surface area (Å²) in [4.78, 5) is 24.2. The van der Waals surface area contributed by atoms with Crippen LogP contribution in [-0.2, 0) is 4.74 Å². The Morgan fingerprint density at radius 3 is 2.74 bits per heavy atom. The van der Waals surface area contributed by atoms with E-state index >= 15 is 0 Å². The molecule has 0 fully saturated rings. The molecule has 1 aliphatic rings. The van der Waals surface area contributed by atoms with Crippen LogP contribution in [0.5, 0.6) is 11.5 Å². The summed E-state index contributed by atoms with van der Waals surface area (Å²) in [6.45, 7) is 0.906. The van der Waals surface area contributed by atoms with Gasteiger partial charge in [0.05, 0.1) is 25.1 Å². The number of carbonyl (C=O) groups is 1. The largest absolute Gasteiger partial charge is 0.486 e. The Bertz CT molecular complexity index is 1350. The molecule has 11 heteroatoms. The molecule has 2 aromatic heterocycles. The van der Waals surface area contributed by atoms with Crippen molar-refractivity contribution >= 4 is 29.1 Å². The summed E-state index contributed by atoms with van der Waals surface area (Å²) in [5.41, 5.74) is 1.68. The third kappa shape index (κ3) is 4.37. The summed E-state index contributed by atoms with van der Waals surface area (Å²) in [6, 6.07) is 9.88. The molecule has 10 nitrogen and oxygen atoms in total. The fourth-order valence-corrected chi connectivity index (χ4v) is 3.25. The van der Waals surface area contributed by atoms with Gasteiger partial charge in [0.1, 0.15) is 19.5 Å². The molecular formula is C23H16FN5O5. The second-order valence-electron chi connectivity index (χ2n) is 7.02. The lowest BCUT2D eigenvalue weighted by molar-refractivity contribution is 0.0601. The van der Waals surface area contributed by atoms with Crippen LogP contribution in [0.3, 0.4) is 0 Å². The highest BCUT2D eigenvalue weighted by Gasteiger charge is 2.16. The molecular weight excluding hydrogens is 445 g/mol. The molecule has 1 aliphatic heterocycles. The number of methoxy groups -OCH3 is 1. The Morgan fingerprint density at radius 1 is 1.09 bits per heavy atom. The van der Waals surface area contributed by atoms with E-state index in [2.05, 4.69) is 38.0 Å². The number of rotatable bonds is 6. The summed E-state index contributed by atoms with van der Waals surface area (Å²) < 4.78 is 35.5. The second kappa shape index (κ2) is 8.95. The number of hydrogen-bond donors (Lipinski definition) is 2. The van der Waals surface area contributed by atoms with Gasteiger partial charge in [0.25, 0.3) is 0 Å². The first-order valence-corrected chi connectivity index (χ1v) is 10.0. The molecule has 0 atom stereocenters. The Balaban J connectivity index is 1.42. The van der Waals surface area contributed by atoms with Crippen molar-refractivity contribution in [3.63, 3.8) is 0 Å². The Hall–Kier alpha value is -4.85. The third-order valence-corrected chi connectivity index (χ3v) is 4.76. The van der Waals surface area contributed by atoms with Crippen molar-refractivity contribution in [1.29, 1.82) is 0 Å². The minimum Gasteiger partial charge on any atom is -0.486 e. The van der Waals surface area contributed by atoms with Crippen molar-refractivity contribution in [3.05, 3.63) is 66.4 Å². The molecule has 0 radical (unpaired) electrons. The van der Waals surface area contributed by atoms with Gasteiger partial charge in [-0.25, -0.2) is 14.2 Å². The highest BCUT2D eigenvalue weighted by molar-refractivity contribution is 5.92. The fraction of sp³-hybridized carbons (Fsp3) is 0.130. The van der Waals surface area contributed by atoms with Gasteiger partial charge in [-0.1, -0.05) is 0 Å². The lowest BCUT2D eigenvalue weighted by Gasteiger charge is -2.19. The quantitative estimate of drug-likeness (QED) is 0.409. The van der Waals surface area contributed by atoms with Gasteiger partial charge >= 0.3 is 5.97 Å². The number of fused-ring (bicyclic) bond motifs is 1. The average molecular weight is 461 g/mol. The highest BCUT2D eigenvalue weighted by Crippen LogP contribution is 2.34. The van der Waals surface area contributed by atoms with Crippen LogP contribution in [0.15, 0.2) is 47.0 Å². The molecule has 4 aromatic rings. The number of nitrogens with zero attached hydrogens (tertiary/aromatic N) is 3. The number of nitrogens with one attached hydrogen (secondary N) is 2. The summed E-state index contributed by atoms with van der Waals surface area (Å²) in [5, 5.41) is 5.87. The van der Waals surface area contributed by atoms with E-state index in [4.69, 9.17) is 18.6 Å². The van der Waals surface area contributed by atoms with Crippen LogP contribution in [0.25, 0.3) is 11.5 Å². The maximum absolute atomic E-state index is 14.4. The number of aromatic nitrogens is 3. The zero-order valence-electron chi connectivity index (χ0n) is 17.7. The van der Waals surface area contributed by atoms with Crippen LogP contribution >= 0.6 is 0 Å². The van der Waals surface area contributed by atoms with Crippen LogP contribution in [0.2, 0.25) is 0 Å². The van der Waals surface area contributed by atoms with Crippen LogP contribution in [0.1, 0.15) is 10.4 Å². The Labute approximate surface area is 192 Å². The van der Waals surface area contributed by atoms with Gasteiger partial charge in [-0.15, -0.1) is 0 Å². The van der Waals surface area contributed by atoms with Crippen LogP contribution in [0.4, 0.5) is 27.5 Å². The molecule has 0 spiro atoms. The van der Waals surface area contributed by atoms with E-state index in [1.165, 1.54) is 13.2 Å². The standard InChI is InChI=1S/C23H16FN5O5/c1-31-22(30)14-8-13(21-25-4-5-34-21)9-16(10-14)28-23-26-12-17(24)20(29-23)27-15-2-3-18-19(11-15)33-7-6-32-18/h2-3,8-12H,6-7H2,1H3,(H2,26,27,28,29). The zero-order chi connectivity index (χ0) is 23.5. The van der Waals surface area contributed by atoms with Crippen molar-refractivity contribution in [2.75, 3.05) is 31.0 Å². The number of hydrogen-bond acceptors (Lipinski definition) is 10. The highest BCUT2D eigenvalue weighted by atomic mass is 19.1. The predicted molar refractivity (Wildman–Crippen MR) is 117 cm³/mol. The molecule has 0 unspecified atom stereocenters. The molecule has 170 valence electrons. The summed E-state index contributed by atoms with van der Waals surface area (Å²) >= 11 is 0. The predicted octanol–water partition coefficient (Wildman–Crippen LogP) is 3.92. The first kappa shape index (κ1) is 21.0. The molecule has 2 N–H and O–H groups in total. The van der Waals surface area contributed by atoms with E-state index in [-0.39, 0.29) is 23.2 Å². The molecule has 3 heterocycles. The van der Waals surface area contributed by atoms with E-state index in [0.29, 0.717) is 41.7 Å². The molecule has 5 rings (SSSR count). The number of ether oxygens (including phenoxy) is 3. The normalized spacial score (nSPS) is 11.9. The van der Waals surface area contributed by atoms with Crippen LogP contribution < -0.4 is 20.1 Å². The number of benzene rings is 2. The second-order valence-corrected chi connectivity index (χ2v) is 7.02. The lowest BCUT2D eigenvalue weighted by Crippen LogP contribution is -2.15. The van der Waals surface area contributed by atoms with Gasteiger partial charge in [-0.05, 0) is 30.3 Å². The molecule has 34 heavy (non-hydrogen) atoms. The Morgan fingerprint density at radius 2 is 1.94 bits per heavy atom. The van der Waals surface area contributed by atoms with Gasteiger partial charge in [0.2, 0.25) is 11.8 Å². The summed E-state index contributed by atoms with van der Waals surface area (Å²) in [6.07, 6.45) is 5.85. The minimum absolute atomic E-state index is 0.0598. The molecule has 0 amide bonds. The maximum atomic E-state index is 14.4. The number of carbonyl (C=O) groups excluding carboxylic acids is 1. The first-order chi connectivity index (χ1) is 16.6. The number of halogens is 1. The van der Waals surface area contributed by atoms with Gasteiger partial charge in [-0.3, -0.25) is 0 Å². The van der Waals surface area contributed by atoms with Gasteiger partial charge in [0.15, 0.2) is 23.1 Å². The van der Waals surface area contributed by atoms with Gasteiger partial charge < -0.3 is 29.3 Å². The maximum Gasteiger partial charge on any atom is 0.337 e. The molecule has 2 aromatic carbocycles. The van der Waals surface area contributed by atoms with Crippen molar-refractivity contribution in [1.82, 2.24) is 15.0 Å². The van der Waals surface area contributed by atoms with Gasteiger partial charge in [0, 0.05) is 23.0 Å².